The molecule has 106 valence electrons. The van der Waals surface area contributed by atoms with Gasteiger partial charge < -0.3 is 4.90 Å². The van der Waals surface area contributed by atoms with Gasteiger partial charge in [0.2, 0.25) is 0 Å². The molecule has 0 unspecified atom stereocenters. The van der Waals surface area contributed by atoms with E-state index >= 15 is 0 Å². The second-order valence-electron chi connectivity index (χ2n) is 5.13. The van der Waals surface area contributed by atoms with Crippen molar-refractivity contribution >= 4 is 28.5 Å². The lowest BCUT2D eigenvalue weighted by Crippen LogP contribution is -2.30. The van der Waals surface area contributed by atoms with Crippen LogP contribution in [0.4, 0.5) is 5.82 Å². The minimum atomic E-state index is 0.665. The third kappa shape index (κ3) is 2.21. The Labute approximate surface area is 126 Å². The average Bonchev–Trinajstić information content (AvgIpc) is 3.17. The van der Waals surface area contributed by atoms with E-state index < -0.39 is 0 Å². The van der Waals surface area contributed by atoms with Crippen molar-refractivity contribution < 1.29 is 0 Å². The second-order valence-corrected chi connectivity index (χ2v) is 6.08. The summed E-state index contributed by atoms with van der Waals surface area (Å²) in [6, 6.07) is 6.38. The molecule has 0 fully saturated rings. The summed E-state index contributed by atoms with van der Waals surface area (Å²) in [7, 11) is 0. The fraction of sp³-hybridized carbons (Fsp3) is 0.267. The van der Waals surface area contributed by atoms with Crippen LogP contribution in [0.5, 0.6) is 0 Å². The third-order valence-electron chi connectivity index (χ3n) is 3.73. The van der Waals surface area contributed by atoms with Crippen LogP contribution in [0.25, 0.3) is 11.4 Å². The van der Waals surface area contributed by atoms with Crippen molar-refractivity contribution in [1.82, 2.24) is 19.6 Å². The summed E-state index contributed by atoms with van der Waals surface area (Å²) in [5.41, 5.74) is 2.42. The highest BCUT2D eigenvalue weighted by Crippen LogP contribution is 2.28. The first kappa shape index (κ1) is 12.5. The number of rotatable bonds is 2. The fourth-order valence-electron chi connectivity index (χ4n) is 2.70. The second kappa shape index (κ2) is 4.96. The van der Waals surface area contributed by atoms with E-state index in [2.05, 4.69) is 49.6 Å². The predicted molar refractivity (Wildman–Crippen MR) is 84.6 cm³/mol. The summed E-state index contributed by atoms with van der Waals surface area (Å²) in [5.74, 6) is 1.73. The smallest absolute Gasteiger partial charge is 0.254 e. The molecule has 0 atom stereocenters. The molecule has 4 rings (SSSR count). The van der Waals surface area contributed by atoms with Gasteiger partial charge in [-0.2, -0.15) is 14.6 Å². The molecule has 0 N–H and O–H groups in total. The van der Waals surface area contributed by atoms with Gasteiger partial charge in [-0.25, -0.2) is 4.98 Å². The Morgan fingerprint density at radius 2 is 2.29 bits per heavy atom. The number of hydrogen-bond donors (Lipinski definition) is 0. The molecule has 0 amide bonds. The SMILES string of the molecule is Cc1cc(N2CC=C(c3cccs3)CC2)n2ncnc2n1. The predicted octanol–water partition coefficient (Wildman–Crippen LogP) is 2.79. The lowest BCUT2D eigenvalue weighted by atomic mass is 10.1. The zero-order chi connectivity index (χ0) is 14.2. The highest BCUT2D eigenvalue weighted by Gasteiger charge is 2.17. The fourth-order valence-corrected chi connectivity index (χ4v) is 3.50. The van der Waals surface area contributed by atoms with Gasteiger partial charge >= 0.3 is 0 Å². The molecule has 1 aliphatic rings. The lowest BCUT2D eigenvalue weighted by molar-refractivity contribution is 0.779. The van der Waals surface area contributed by atoms with E-state index in [0.29, 0.717) is 5.78 Å². The Bertz CT molecular complexity index is 803. The summed E-state index contributed by atoms with van der Waals surface area (Å²) in [4.78, 5) is 12.3. The van der Waals surface area contributed by atoms with E-state index in [9.17, 15) is 0 Å². The van der Waals surface area contributed by atoms with Crippen molar-refractivity contribution in [2.75, 3.05) is 18.0 Å². The topological polar surface area (TPSA) is 46.3 Å². The molecule has 3 aromatic heterocycles. The molecule has 5 nitrogen and oxygen atoms in total. The Kier molecular flexibility index (Phi) is 2.96. The number of aromatic nitrogens is 4. The highest BCUT2D eigenvalue weighted by molar-refractivity contribution is 7.11. The van der Waals surface area contributed by atoms with Crippen LogP contribution >= 0.6 is 11.3 Å². The van der Waals surface area contributed by atoms with Crippen LogP contribution in [0.3, 0.4) is 0 Å². The molecular formula is C15H15N5S. The van der Waals surface area contributed by atoms with Crippen LogP contribution in [0.2, 0.25) is 0 Å². The number of anilines is 1. The molecule has 0 saturated carbocycles. The molecule has 0 saturated heterocycles. The Balaban J connectivity index is 1.67. The van der Waals surface area contributed by atoms with Gasteiger partial charge in [-0.15, -0.1) is 11.3 Å². The number of thiophene rings is 1. The maximum atomic E-state index is 4.40. The van der Waals surface area contributed by atoms with E-state index in [-0.39, 0.29) is 0 Å². The summed E-state index contributed by atoms with van der Waals surface area (Å²) < 4.78 is 1.82. The average molecular weight is 297 g/mol. The van der Waals surface area contributed by atoms with E-state index in [0.717, 1.165) is 31.0 Å². The first-order valence-corrected chi connectivity index (χ1v) is 7.84. The van der Waals surface area contributed by atoms with Crippen LogP contribution in [-0.2, 0) is 0 Å². The third-order valence-corrected chi connectivity index (χ3v) is 4.68. The molecule has 0 bridgehead atoms. The minimum absolute atomic E-state index is 0.665. The van der Waals surface area contributed by atoms with E-state index in [1.54, 1.807) is 6.33 Å². The van der Waals surface area contributed by atoms with Crippen molar-refractivity contribution in [1.29, 1.82) is 0 Å². The lowest BCUT2D eigenvalue weighted by Gasteiger charge is -2.28. The molecule has 21 heavy (non-hydrogen) atoms. The van der Waals surface area contributed by atoms with Crippen molar-refractivity contribution in [3.63, 3.8) is 0 Å². The van der Waals surface area contributed by atoms with E-state index in [1.165, 1.54) is 10.5 Å². The Morgan fingerprint density at radius 1 is 1.33 bits per heavy atom. The molecule has 0 aliphatic carbocycles. The Hall–Kier alpha value is -2.21. The van der Waals surface area contributed by atoms with Crippen molar-refractivity contribution in [2.24, 2.45) is 0 Å². The normalized spacial score (nSPS) is 15.5. The summed E-state index contributed by atoms with van der Waals surface area (Å²) in [5, 5.41) is 6.42. The monoisotopic (exact) mass is 297 g/mol. The van der Waals surface area contributed by atoms with Gasteiger partial charge in [0.15, 0.2) is 0 Å². The standard InChI is InChI=1S/C15H15N5S/c1-11-9-14(20-15(18-11)16-10-17-20)19-6-4-12(5-7-19)13-3-2-8-21-13/h2-4,8-10H,5-7H2,1H3. The molecule has 6 heteroatoms. The molecule has 0 spiro atoms. The van der Waals surface area contributed by atoms with Gasteiger partial charge in [0.1, 0.15) is 12.1 Å². The number of hydrogen-bond acceptors (Lipinski definition) is 5. The van der Waals surface area contributed by atoms with Gasteiger partial charge in [-0.05, 0) is 30.4 Å². The first-order valence-electron chi connectivity index (χ1n) is 6.96. The Morgan fingerprint density at radius 3 is 3.05 bits per heavy atom. The molecule has 0 radical (unpaired) electrons. The largest absolute Gasteiger partial charge is 0.352 e. The van der Waals surface area contributed by atoms with Crippen LogP contribution in [0.1, 0.15) is 17.0 Å². The van der Waals surface area contributed by atoms with E-state index in [4.69, 9.17) is 0 Å². The minimum Gasteiger partial charge on any atom is -0.352 e. The number of fused-ring (bicyclic) bond motifs is 1. The molecule has 4 heterocycles. The van der Waals surface area contributed by atoms with Crippen LogP contribution in [0, 0.1) is 6.92 Å². The van der Waals surface area contributed by atoms with Crippen molar-refractivity contribution in [2.45, 2.75) is 13.3 Å². The van der Waals surface area contributed by atoms with Crippen LogP contribution < -0.4 is 4.90 Å². The zero-order valence-electron chi connectivity index (χ0n) is 11.7. The van der Waals surface area contributed by atoms with E-state index in [1.807, 2.05) is 22.8 Å². The van der Waals surface area contributed by atoms with Crippen LogP contribution in [0.15, 0.2) is 36.0 Å². The summed E-state index contributed by atoms with van der Waals surface area (Å²) in [6.45, 7) is 3.88. The van der Waals surface area contributed by atoms with Gasteiger partial charge in [-0.1, -0.05) is 12.1 Å². The van der Waals surface area contributed by atoms with Crippen molar-refractivity contribution in [3.05, 3.63) is 46.6 Å². The highest BCUT2D eigenvalue weighted by atomic mass is 32.1. The van der Waals surface area contributed by atoms with Gasteiger partial charge in [0.05, 0.1) is 0 Å². The number of aryl methyl sites for hydroxylation is 1. The maximum absolute atomic E-state index is 4.40. The summed E-state index contributed by atoms with van der Waals surface area (Å²) >= 11 is 1.81. The maximum Gasteiger partial charge on any atom is 0.254 e. The molecule has 1 aliphatic heterocycles. The number of nitrogens with zero attached hydrogens (tertiary/aromatic N) is 5. The van der Waals surface area contributed by atoms with Gasteiger partial charge in [0, 0.05) is 29.7 Å². The quantitative estimate of drug-likeness (QED) is 0.729. The van der Waals surface area contributed by atoms with Gasteiger partial charge in [-0.3, -0.25) is 0 Å². The van der Waals surface area contributed by atoms with Crippen LogP contribution in [-0.4, -0.2) is 32.7 Å². The zero-order valence-corrected chi connectivity index (χ0v) is 12.5. The molecule has 3 aromatic rings. The molecule has 0 aromatic carbocycles. The first-order chi connectivity index (χ1) is 10.3. The summed E-state index contributed by atoms with van der Waals surface area (Å²) in [6.07, 6.45) is 4.92. The van der Waals surface area contributed by atoms with Gasteiger partial charge in [0.25, 0.3) is 5.78 Å². The molecular weight excluding hydrogens is 282 g/mol. The van der Waals surface area contributed by atoms with Crippen molar-refractivity contribution in [3.8, 4) is 0 Å².